The first kappa shape index (κ1) is 37.0. The molecule has 5 rings (SSSR count). The lowest BCUT2D eigenvalue weighted by molar-refractivity contribution is -0.140. The number of carbonyl (C=O) groups excluding carboxylic acids is 2. The third-order valence-corrected chi connectivity index (χ3v) is 11.2. The van der Waals surface area contributed by atoms with Gasteiger partial charge in [-0.25, -0.2) is 8.42 Å². The molecule has 264 valence electrons. The van der Waals surface area contributed by atoms with Crippen molar-refractivity contribution in [2.24, 2.45) is 0 Å². The molecule has 1 aliphatic carbocycles. The van der Waals surface area contributed by atoms with Crippen molar-refractivity contribution in [3.8, 4) is 11.5 Å². The average Bonchev–Trinajstić information content (AvgIpc) is 3.13. The molecule has 0 saturated heterocycles. The Morgan fingerprint density at radius 3 is 2.20 bits per heavy atom. The topological polar surface area (TPSA) is 105 Å². The number of amides is 2. The lowest BCUT2D eigenvalue weighted by atomic mass is 9.94. The fourth-order valence-electron chi connectivity index (χ4n) is 6.16. The molecule has 9 nitrogen and oxygen atoms in total. The Hall–Kier alpha value is -4.25. The van der Waals surface area contributed by atoms with Crippen LogP contribution in [0.1, 0.15) is 43.2 Å². The summed E-state index contributed by atoms with van der Waals surface area (Å²) in [4.78, 5) is 30.5. The molecule has 0 aliphatic heterocycles. The second kappa shape index (κ2) is 17.1. The van der Waals surface area contributed by atoms with Gasteiger partial charge in [0.2, 0.25) is 11.8 Å². The molecule has 0 radical (unpaired) electrons. The Morgan fingerprint density at radius 1 is 0.860 bits per heavy atom. The highest BCUT2D eigenvalue weighted by Crippen LogP contribution is 2.33. The summed E-state index contributed by atoms with van der Waals surface area (Å²) in [5, 5.41) is 3.93. The minimum absolute atomic E-state index is 0.0221. The third kappa shape index (κ3) is 9.10. The molecule has 1 saturated carbocycles. The number of methoxy groups -OCH3 is 2. The fourth-order valence-corrected chi connectivity index (χ4v) is 8.05. The summed E-state index contributed by atoms with van der Waals surface area (Å²) in [7, 11) is -1.43. The van der Waals surface area contributed by atoms with Gasteiger partial charge >= 0.3 is 0 Å². The highest BCUT2D eigenvalue weighted by molar-refractivity contribution is 7.92. The van der Waals surface area contributed by atoms with Crippen LogP contribution in [0.25, 0.3) is 0 Å². The molecular weight excluding hydrogens is 697 g/mol. The second-order valence-corrected chi connectivity index (χ2v) is 14.9. The predicted octanol–water partition coefficient (Wildman–Crippen LogP) is 7.29. The van der Waals surface area contributed by atoms with Gasteiger partial charge in [0.05, 0.1) is 24.8 Å². The van der Waals surface area contributed by atoms with Crippen LogP contribution in [0.4, 0.5) is 5.69 Å². The molecule has 0 bridgehead atoms. The van der Waals surface area contributed by atoms with Gasteiger partial charge < -0.3 is 19.7 Å². The van der Waals surface area contributed by atoms with Crippen molar-refractivity contribution < 1.29 is 27.5 Å². The Morgan fingerprint density at radius 2 is 1.54 bits per heavy atom. The molecule has 1 N–H and O–H groups in total. The highest BCUT2D eigenvalue weighted by atomic mass is 35.5. The number of benzene rings is 4. The van der Waals surface area contributed by atoms with Crippen LogP contribution in [0.15, 0.2) is 102 Å². The van der Waals surface area contributed by atoms with Gasteiger partial charge in [-0.15, -0.1) is 0 Å². The maximum atomic E-state index is 14.8. The predicted molar refractivity (Wildman–Crippen MR) is 196 cm³/mol. The number of sulfonamides is 1. The Labute approximate surface area is 304 Å². The lowest BCUT2D eigenvalue weighted by Gasteiger charge is -2.35. The van der Waals surface area contributed by atoms with Gasteiger partial charge in [0.15, 0.2) is 0 Å². The molecule has 0 heterocycles. The smallest absolute Gasteiger partial charge is 0.264 e. The van der Waals surface area contributed by atoms with Crippen molar-refractivity contribution in [3.05, 3.63) is 118 Å². The number of carbonyl (C=O) groups is 2. The van der Waals surface area contributed by atoms with Crippen LogP contribution in [-0.4, -0.2) is 58.0 Å². The van der Waals surface area contributed by atoms with Crippen LogP contribution in [0.5, 0.6) is 11.5 Å². The summed E-state index contributed by atoms with van der Waals surface area (Å²) in [5.74, 6) is -0.206. The maximum absolute atomic E-state index is 14.8. The van der Waals surface area contributed by atoms with Crippen molar-refractivity contribution in [1.29, 1.82) is 0 Å². The summed E-state index contributed by atoms with van der Waals surface area (Å²) >= 11 is 12.9. The zero-order valence-electron chi connectivity index (χ0n) is 28.1. The van der Waals surface area contributed by atoms with E-state index < -0.39 is 28.5 Å². The molecule has 4 aromatic carbocycles. The molecule has 12 heteroatoms. The van der Waals surface area contributed by atoms with Gasteiger partial charge in [-0.1, -0.05) is 91.0 Å². The standard InChI is InChI=1S/C38H41Cl2N3O6S/c1-48-31-19-21-32(22-20-31)50(46,47)43(34-15-9-10-16-36(34)49-2)26-37(44)42(25-28-17-18-29(39)24-33(28)40)35(23-27-11-5-3-6-12-27)38(45)41-30-13-7-4-8-14-30/h3,5-6,9-12,15-22,24,30,35H,4,7-8,13-14,23,25-26H2,1-2H3,(H,41,45). The molecule has 4 aromatic rings. The molecule has 1 atom stereocenters. The average molecular weight is 739 g/mol. The highest BCUT2D eigenvalue weighted by Gasteiger charge is 2.36. The van der Waals surface area contributed by atoms with E-state index in [0.29, 0.717) is 21.4 Å². The number of hydrogen-bond acceptors (Lipinski definition) is 6. The fraction of sp³-hybridized carbons (Fsp3) is 0.316. The van der Waals surface area contributed by atoms with Crippen LogP contribution < -0.4 is 19.1 Å². The first-order valence-electron chi connectivity index (χ1n) is 16.5. The summed E-state index contributed by atoms with van der Waals surface area (Å²) in [5.41, 5.74) is 1.55. The van der Waals surface area contributed by atoms with E-state index in [1.807, 2.05) is 30.3 Å². The van der Waals surface area contributed by atoms with Gasteiger partial charge in [-0.3, -0.25) is 13.9 Å². The van der Waals surface area contributed by atoms with Crippen molar-refractivity contribution >= 4 is 50.7 Å². The van der Waals surface area contributed by atoms with E-state index in [1.165, 1.54) is 43.4 Å². The SMILES string of the molecule is COc1ccc(S(=O)(=O)N(CC(=O)N(Cc2ccc(Cl)cc2Cl)C(Cc2ccccc2)C(=O)NC2CCCCC2)c2ccccc2OC)cc1. The summed E-state index contributed by atoms with van der Waals surface area (Å²) in [6.07, 6.45) is 5.02. The molecule has 0 aromatic heterocycles. The number of anilines is 1. The molecule has 50 heavy (non-hydrogen) atoms. The summed E-state index contributed by atoms with van der Waals surface area (Å²) in [6.45, 7) is -0.714. The first-order chi connectivity index (χ1) is 24.1. The lowest BCUT2D eigenvalue weighted by Crippen LogP contribution is -2.55. The molecule has 0 spiro atoms. The minimum atomic E-state index is -4.35. The van der Waals surface area contributed by atoms with Crippen molar-refractivity contribution in [2.45, 2.75) is 62.0 Å². The number of hydrogen-bond donors (Lipinski definition) is 1. The van der Waals surface area contributed by atoms with Crippen LogP contribution in [0.2, 0.25) is 10.0 Å². The summed E-state index contributed by atoms with van der Waals surface area (Å²) < 4.78 is 40.6. The van der Waals surface area contributed by atoms with E-state index in [0.717, 1.165) is 42.0 Å². The summed E-state index contributed by atoms with van der Waals surface area (Å²) in [6, 6.07) is 25.8. The van der Waals surface area contributed by atoms with Crippen molar-refractivity contribution in [3.63, 3.8) is 0 Å². The first-order valence-corrected chi connectivity index (χ1v) is 18.7. The number of nitrogens with zero attached hydrogens (tertiary/aromatic N) is 2. The van der Waals surface area contributed by atoms with E-state index in [-0.39, 0.29) is 41.2 Å². The van der Waals surface area contributed by atoms with Crippen LogP contribution in [0, 0.1) is 0 Å². The number of halogens is 2. The van der Waals surface area contributed by atoms with Crippen LogP contribution in [-0.2, 0) is 32.6 Å². The number of rotatable bonds is 14. The van der Waals surface area contributed by atoms with Gasteiger partial charge in [-0.2, -0.15) is 0 Å². The Kier molecular flexibility index (Phi) is 12.7. The number of nitrogens with one attached hydrogen (secondary N) is 1. The Bertz CT molecular complexity index is 1870. The number of para-hydroxylation sites is 2. The normalized spacial score (nSPS) is 14.0. The monoisotopic (exact) mass is 737 g/mol. The zero-order valence-corrected chi connectivity index (χ0v) is 30.4. The maximum Gasteiger partial charge on any atom is 0.264 e. The third-order valence-electron chi connectivity index (χ3n) is 8.86. The molecule has 1 aliphatic rings. The van der Waals surface area contributed by atoms with Gasteiger partial charge in [0.1, 0.15) is 24.1 Å². The molecule has 1 fully saturated rings. The number of ether oxygens (including phenoxy) is 2. The van der Waals surface area contributed by atoms with E-state index in [2.05, 4.69) is 5.32 Å². The quantitative estimate of drug-likeness (QED) is 0.146. The second-order valence-electron chi connectivity index (χ2n) is 12.2. The molecular formula is C38H41Cl2N3O6S. The largest absolute Gasteiger partial charge is 0.497 e. The van der Waals surface area contributed by atoms with Crippen LogP contribution in [0.3, 0.4) is 0 Å². The van der Waals surface area contributed by atoms with E-state index in [4.69, 9.17) is 32.7 Å². The van der Waals surface area contributed by atoms with Gasteiger partial charge in [0.25, 0.3) is 10.0 Å². The van der Waals surface area contributed by atoms with E-state index >= 15 is 0 Å². The molecule has 2 amide bonds. The molecule has 1 unspecified atom stereocenters. The van der Waals surface area contributed by atoms with Crippen molar-refractivity contribution in [1.82, 2.24) is 10.2 Å². The van der Waals surface area contributed by atoms with E-state index in [1.54, 1.807) is 42.5 Å². The van der Waals surface area contributed by atoms with E-state index in [9.17, 15) is 18.0 Å². The van der Waals surface area contributed by atoms with Crippen LogP contribution >= 0.6 is 23.2 Å². The van der Waals surface area contributed by atoms with Gasteiger partial charge in [-0.05, 0) is 72.5 Å². The Balaban J connectivity index is 1.60. The minimum Gasteiger partial charge on any atom is -0.497 e. The zero-order chi connectivity index (χ0) is 35.7. The van der Waals surface area contributed by atoms with Crippen molar-refractivity contribution in [2.75, 3.05) is 25.1 Å². The van der Waals surface area contributed by atoms with Gasteiger partial charge in [0, 0.05) is 29.1 Å².